The fraction of sp³-hybridized carbons (Fsp3) is 0.364. The van der Waals surface area contributed by atoms with Crippen molar-refractivity contribution >= 4 is 41.0 Å². The Balaban J connectivity index is 1.62. The lowest BCUT2D eigenvalue weighted by molar-refractivity contribution is -0.117. The molecule has 2 unspecified atom stereocenters. The van der Waals surface area contributed by atoms with Crippen molar-refractivity contribution in [3.63, 3.8) is 0 Å². The van der Waals surface area contributed by atoms with Crippen molar-refractivity contribution in [3.05, 3.63) is 41.3 Å². The molecule has 2 N–H and O–H groups in total. The Morgan fingerprint density at radius 1 is 1.31 bits per heavy atom. The molecule has 2 aromatic rings. The number of halogens is 2. The quantitative estimate of drug-likeness (QED) is 0.549. The molecule has 186 valence electrons. The van der Waals surface area contributed by atoms with Crippen LogP contribution in [-0.4, -0.2) is 68.5 Å². The number of carbonyl (C=O) groups excluding carboxylic acids is 2. The Hall–Kier alpha value is -3.64. The van der Waals surface area contributed by atoms with Gasteiger partial charge in [0.1, 0.15) is 22.3 Å². The SMILES string of the molecule is C=CC(=O)NC1COCC1Nc1ncc2c(n1)N(C)C(=O)N(c1c(F)c(OC)cc(OC)c1Cl)C2. The highest BCUT2D eigenvalue weighted by Crippen LogP contribution is 2.44. The summed E-state index contributed by atoms with van der Waals surface area (Å²) in [6.07, 6.45) is 2.72. The van der Waals surface area contributed by atoms with Crippen LogP contribution in [0.15, 0.2) is 24.9 Å². The molecule has 1 saturated heterocycles. The molecule has 35 heavy (non-hydrogen) atoms. The molecular formula is C22H24ClFN6O5. The zero-order valence-electron chi connectivity index (χ0n) is 19.3. The van der Waals surface area contributed by atoms with Crippen LogP contribution >= 0.6 is 11.6 Å². The second-order valence-corrected chi connectivity index (χ2v) is 8.21. The van der Waals surface area contributed by atoms with E-state index in [-0.39, 0.29) is 52.7 Å². The molecule has 3 heterocycles. The molecule has 2 atom stereocenters. The summed E-state index contributed by atoms with van der Waals surface area (Å²) in [5.41, 5.74) is 0.394. The van der Waals surface area contributed by atoms with E-state index in [2.05, 4.69) is 27.2 Å². The number of nitrogens with zero attached hydrogens (tertiary/aromatic N) is 4. The van der Waals surface area contributed by atoms with E-state index in [1.165, 1.54) is 49.4 Å². The van der Waals surface area contributed by atoms with Gasteiger partial charge in [-0.2, -0.15) is 4.98 Å². The zero-order valence-corrected chi connectivity index (χ0v) is 20.1. The maximum absolute atomic E-state index is 15.2. The smallest absolute Gasteiger partial charge is 0.330 e. The predicted molar refractivity (Wildman–Crippen MR) is 127 cm³/mol. The fourth-order valence-corrected chi connectivity index (χ4v) is 4.23. The lowest BCUT2D eigenvalue weighted by Gasteiger charge is -2.35. The van der Waals surface area contributed by atoms with Crippen molar-refractivity contribution in [3.8, 4) is 11.5 Å². The maximum atomic E-state index is 15.2. The van der Waals surface area contributed by atoms with E-state index < -0.39 is 11.8 Å². The third kappa shape index (κ3) is 4.54. The molecule has 2 aliphatic rings. The number of hydrogen-bond acceptors (Lipinski definition) is 8. The molecule has 13 heteroatoms. The van der Waals surface area contributed by atoms with Gasteiger partial charge in [0.05, 0.1) is 46.1 Å². The summed E-state index contributed by atoms with van der Waals surface area (Å²) < 4.78 is 30.9. The predicted octanol–water partition coefficient (Wildman–Crippen LogP) is 2.34. The molecule has 0 spiro atoms. The minimum Gasteiger partial charge on any atom is -0.495 e. The summed E-state index contributed by atoms with van der Waals surface area (Å²) in [5, 5.41) is 5.86. The van der Waals surface area contributed by atoms with Crippen LogP contribution in [0.2, 0.25) is 5.02 Å². The minimum absolute atomic E-state index is 0.0314. The van der Waals surface area contributed by atoms with E-state index in [9.17, 15) is 9.59 Å². The summed E-state index contributed by atoms with van der Waals surface area (Å²) in [6.45, 7) is 4.08. The van der Waals surface area contributed by atoms with Gasteiger partial charge in [0.15, 0.2) is 11.6 Å². The van der Waals surface area contributed by atoms with Crippen molar-refractivity contribution < 1.29 is 28.2 Å². The summed E-state index contributed by atoms with van der Waals surface area (Å²) in [4.78, 5) is 36.2. The summed E-state index contributed by atoms with van der Waals surface area (Å²) in [6, 6.07) is 0.170. The third-order valence-electron chi connectivity index (χ3n) is 5.73. The number of benzene rings is 1. The van der Waals surface area contributed by atoms with Crippen LogP contribution in [0.25, 0.3) is 0 Å². The van der Waals surface area contributed by atoms with E-state index in [1.54, 1.807) is 0 Å². The van der Waals surface area contributed by atoms with E-state index in [4.69, 9.17) is 25.8 Å². The number of urea groups is 1. The number of carbonyl (C=O) groups is 2. The van der Waals surface area contributed by atoms with Crippen LogP contribution in [0, 0.1) is 5.82 Å². The number of methoxy groups -OCH3 is 2. The Bertz CT molecular complexity index is 1150. The van der Waals surface area contributed by atoms with Crippen LogP contribution in [0.4, 0.5) is 26.6 Å². The van der Waals surface area contributed by atoms with Gasteiger partial charge in [-0.15, -0.1) is 0 Å². The monoisotopic (exact) mass is 506 g/mol. The number of aromatic nitrogens is 2. The van der Waals surface area contributed by atoms with Crippen LogP contribution in [0.1, 0.15) is 5.56 Å². The average Bonchev–Trinajstić information content (AvgIpc) is 3.28. The van der Waals surface area contributed by atoms with Gasteiger partial charge < -0.3 is 24.8 Å². The Labute approximate surface area is 205 Å². The topological polar surface area (TPSA) is 118 Å². The van der Waals surface area contributed by atoms with E-state index in [0.717, 1.165) is 0 Å². The largest absolute Gasteiger partial charge is 0.495 e. The van der Waals surface area contributed by atoms with E-state index in [1.807, 2.05) is 0 Å². The van der Waals surface area contributed by atoms with Gasteiger partial charge in [0, 0.05) is 24.9 Å². The number of ether oxygens (including phenoxy) is 3. The van der Waals surface area contributed by atoms with Crippen molar-refractivity contribution in [1.82, 2.24) is 15.3 Å². The van der Waals surface area contributed by atoms with Crippen LogP contribution < -0.4 is 29.9 Å². The van der Waals surface area contributed by atoms with Gasteiger partial charge in [0.25, 0.3) is 0 Å². The number of nitrogens with one attached hydrogen (secondary N) is 2. The second-order valence-electron chi connectivity index (χ2n) is 7.84. The first-order valence-corrected chi connectivity index (χ1v) is 10.9. The molecule has 0 radical (unpaired) electrons. The number of amides is 3. The van der Waals surface area contributed by atoms with Crippen LogP contribution in [-0.2, 0) is 16.1 Å². The van der Waals surface area contributed by atoms with Gasteiger partial charge in [-0.3, -0.25) is 14.6 Å². The Morgan fingerprint density at radius 2 is 2.03 bits per heavy atom. The molecule has 1 aromatic carbocycles. The van der Waals surface area contributed by atoms with Crippen molar-refractivity contribution in [1.29, 1.82) is 0 Å². The first-order valence-electron chi connectivity index (χ1n) is 10.6. The standard InChI is InChI=1S/C22H24ClFN6O5/c1-5-16(31)26-12-9-35-10-13(12)27-21-25-7-11-8-30(22(32)29(2)20(11)28-21)19-17(23)14(33-3)6-15(34-4)18(19)24/h5-7,12-13H,1,8-10H2,2-4H3,(H,26,31)(H,25,27,28). The molecule has 11 nitrogen and oxygen atoms in total. The lowest BCUT2D eigenvalue weighted by Crippen LogP contribution is -2.47. The van der Waals surface area contributed by atoms with E-state index >= 15 is 4.39 Å². The van der Waals surface area contributed by atoms with Crippen molar-refractivity contribution in [2.45, 2.75) is 18.6 Å². The van der Waals surface area contributed by atoms with Crippen molar-refractivity contribution in [2.75, 3.05) is 49.6 Å². The third-order valence-corrected chi connectivity index (χ3v) is 6.10. The molecule has 2 aliphatic heterocycles. The number of rotatable bonds is 7. The molecule has 0 aliphatic carbocycles. The van der Waals surface area contributed by atoms with Gasteiger partial charge in [0.2, 0.25) is 11.9 Å². The summed E-state index contributed by atoms with van der Waals surface area (Å²) in [7, 11) is 4.20. The Kier molecular flexibility index (Phi) is 6.94. The lowest BCUT2D eigenvalue weighted by atomic mass is 10.1. The first-order chi connectivity index (χ1) is 16.8. The van der Waals surface area contributed by atoms with Crippen molar-refractivity contribution in [2.24, 2.45) is 0 Å². The highest BCUT2D eigenvalue weighted by molar-refractivity contribution is 6.35. The maximum Gasteiger partial charge on any atom is 0.330 e. The fourth-order valence-electron chi connectivity index (χ4n) is 3.91. The highest BCUT2D eigenvalue weighted by Gasteiger charge is 2.36. The van der Waals surface area contributed by atoms with Gasteiger partial charge in [-0.25, -0.2) is 14.2 Å². The van der Waals surface area contributed by atoms with E-state index in [0.29, 0.717) is 24.6 Å². The molecule has 1 aromatic heterocycles. The molecule has 4 rings (SSSR count). The number of anilines is 3. The van der Waals surface area contributed by atoms with Crippen LogP contribution in [0.5, 0.6) is 11.5 Å². The highest BCUT2D eigenvalue weighted by atomic mass is 35.5. The van der Waals surface area contributed by atoms with Gasteiger partial charge in [-0.05, 0) is 6.08 Å². The molecule has 1 fully saturated rings. The zero-order chi connectivity index (χ0) is 25.3. The minimum atomic E-state index is -0.795. The Morgan fingerprint density at radius 3 is 2.71 bits per heavy atom. The summed E-state index contributed by atoms with van der Waals surface area (Å²) in [5.74, 6) is -0.470. The molecule has 3 amide bonds. The average molecular weight is 507 g/mol. The second kappa shape index (κ2) is 9.92. The normalized spacial score (nSPS) is 19.3. The molecular weight excluding hydrogens is 483 g/mol. The summed E-state index contributed by atoms with van der Waals surface area (Å²) >= 11 is 6.37. The first kappa shape index (κ1) is 24.5. The van der Waals surface area contributed by atoms with Gasteiger partial charge >= 0.3 is 6.03 Å². The number of hydrogen-bond donors (Lipinski definition) is 2. The molecule has 0 saturated carbocycles. The number of fused-ring (bicyclic) bond motifs is 1. The molecule has 0 bridgehead atoms. The van der Waals surface area contributed by atoms with Crippen LogP contribution in [0.3, 0.4) is 0 Å². The van der Waals surface area contributed by atoms with Gasteiger partial charge in [-0.1, -0.05) is 18.2 Å².